The Kier molecular flexibility index (Phi) is 7.45. The van der Waals surface area contributed by atoms with Crippen molar-refractivity contribution in [3.05, 3.63) is 47.5 Å². The molecule has 2 aromatic rings. The van der Waals surface area contributed by atoms with Crippen LogP contribution in [0.25, 0.3) is 0 Å². The number of nitrogens with zero attached hydrogens (tertiary/aromatic N) is 2. The number of nitrogens with one attached hydrogen (secondary N) is 1. The van der Waals surface area contributed by atoms with Crippen molar-refractivity contribution in [2.75, 3.05) is 49.6 Å². The zero-order valence-electron chi connectivity index (χ0n) is 20.0. The van der Waals surface area contributed by atoms with Crippen LogP contribution in [0, 0.1) is 6.92 Å². The van der Waals surface area contributed by atoms with E-state index in [1.807, 2.05) is 13.8 Å². The van der Waals surface area contributed by atoms with E-state index in [2.05, 4.69) is 35.3 Å². The number of hydrogen-bond donors (Lipinski definition) is 1. The van der Waals surface area contributed by atoms with Crippen molar-refractivity contribution in [3.63, 3.8) is 0 Å². The lowest BCUT2D eigenvalue weighted by Crippen LogP contribution is -2.40. The number of ether oxygens (including phenoxy) is 2. The first-order valence-electron chi connectivity index (χ1n) is 11.8. The molecule has 0 spiro atoms. The number of carbonyl (C=O) groups is 1. The van der Waals surface area contributed by atoms with Crippen LogP contribution in [0.1, 0.15) is 31.4 Å². The van der Waals surface area contributed by atoms with Gasteiger partial charge >= 0.3 is 0 Å². The van der Waals surface area contributed by atoms with Crippen molar-refractivity contribution < 1.29 is 22.7 Å². The van der Waals surface area contributed by atoms with Crippen molar-refractivity contribution in [1.29, 1.82) is 0 Å². The predicted molar refractivity (Wildman–Crippen MR) is 132 cm³/mol. The van der Waals surface area contributed by atoms with Crippen LogP contribution in [0.5, 0.6) is 5.75 Å². The lowest BCUT2D eigenvalue weighted by atomic mass is 9.99. The smallest absolute Gasteiger partial charge is 0.243 e. The van der Waals surface area contributed by atoms with Gasteiger partial charge in [-0.25, -0.2) is 8.42 Å². The van der Waals surface area contributed by atoms with E-state index in [0.717, 1.165) is 25.1 Å². The van der Waals surface area contributed by atoms with Crippen molar-refractivity contribution in [2.45, 2.75) is 44.6 Å². The minimum atomic E-state index is -3.70. The van der Waals surface area contributed by atoms with Gasteiger partial charge in [0.2, 0.25) is 15.9 Å². The highest BCUT2D eigenvalue weighted by Gasteiger charge is 2.28. The molecule has 0 saturated carbocycles. The maximum Gasteiger partial charge on any atom is 0.243 e. The molecule has 1 amide bonds. The molecule has 0 atom stereocenters. The maximum atomic E-state index is 13.1. The number of benzene rings is 2. The van der Waals surface area contributed by atoms with Gasteiger partial charge in [-0.1, -0.05) is 17.7 Å². The first kappa shape index (κ1) is 24.5. The van der Waals surface area contributed by atoms with Crippen molar-refractivity contribution in [2.24, 2.45) is 0 Å². The van der Waals surface area contributed by atoms with Crippen LogP contribution in [0.2, 0.25) is 0 Å². The number of amides is 1. The number of sulfonamides is 1. The van der Waals surface area contributed by atoms with Crippen molar-refractivity contribution in [3.8, 4) is 5.75 Å². The standard InChI is InChI=1S/C25H33N3O5S/c1-18(2)33-24-9-7-21(34(30,31)28-11-13-32-14-12-28)16-22(24)26-25(29)17-27-10-4-5-20-15-19(3)6-8-23(20)27/h6-9,15-16,18H,4-5,10-14,17H2,1-3H3,(H,26,29). The summed E-state index contributed by atoms with van der Waals surface area (Å²) in [5, 5.41) is 2.91. The normalized spacial score (nSPS) is 16.9. The Morgan fingerprint density at radius 3 is 2.62 bits per heavy atom. The van der Waals surface area contributed by atoms with Gasteiger partial charge in [0, 0.05) is 25.3 Å². The van der Waals surface area contributed by atoms with Gasteiger partial charge in [0.15, 0.2) is 0 Å². The second-order valence-corrected chi connectivity index (χ2v) is 11.0. The largest absolute Gasteiger partial charge is 0.489 e. The molecule has 8 nitrogen and oxygen atoms in total. The quantitative estimate of drug-likeness (QED) is 0.645. The fraction of sp³-hybridized carbons (Fsp3) is 0.480. The monoisotopic (exact) mass is 487 g/mol. The molecular formula is C25H33N3O5S. The van der Waals surface area contributed by atoms with Crippen molar-refractivity contribution in [1.82, 2.24) is 4.31 Å². The van der Waals surface area contributed by atoms with Crippen LogP contribution in [-0.4, -0.2) is 64.1 Å². The van der Waals surface area contributed by atoms with E-state index in [1.165, 1.54) is 27.6 Å². The Hall–Kier alpha value is -2.62. The third-order valence-corrected chi connectivity index (χ3v) is 7.87. The van der Waals surface area contributed by atoms with Crippen LogP contribution in [0.15, 0.2) is 41.3 Å². The van der Waals surface area contributed by atoms with E-state index in [9.17, 15) is 13.2 Å². The summed E-state index contributed by atoms with van der Waals surface area (Å²) in [6, 6.07) is 10.9. The summed E-state index contributed by atoms with van der Waals surface area (Å²) in [4.78, 5) is 15.3. The van der Waals surface area contributed by atoms with E-state index < -0.39 is 10.0 Å². The average Bonchev–Trinajstić information content (AvgIpc) is 2.80. The van der Waals surface area contributed by atoms with E-state index in [0.29, 0.717) is 37.7 Å². The van der Waals surface area contributed by atoms with E-state index >= 15 is 0 Å². The van der Waals surface area contributed by atoms with Gasteiger partial charge in [-0.2, -0.15) is 4.31 Å². The average molecular weight is 488 g/mol. The molecule has 0 aromatic heterocycles. The topological polar surface area (TPSA) is 88.2 Å². The van der Waals surface area contributed by atoms with Gasteiger partial charge in [0.1, 0.15) is 5.75 Å². The Morgan fingerprint density at radius 1 is 1.12 bits per heavy atom. The number of hydrogen-bond acceptors (Lipinski definition) is 6. The molecule has 2 aliphatic rings. The fourth-order valence-corrected chi connectivity index (χ4v) is 5.83. The van der Waals surface area contributed by atoms with Crippen LogP contribution >= 0.6 is 0 Å². The molecule has 9 heteroatoms. The Bertz CT molecular complexity index is 1140. The van der Waals surface area contributed by atoms with E-state index in [4.69, 9.17) is 9.47 Å². The molecule has 184 valence electrons. The van der Waals surface area contributed by atoms with Crippen LogP contribution < -0.4 is 15.0 Å². The van der Waals surface area contributed by atoms with Crippen LogP contribution in [0.3, 0.4) is 0 Å². The summed E-state index contributed by atoms with van der Waals surface area (Å²) in [5.74, 6) is 0.224. The second-order valence-electron chi connectivity index (χ2n) is 9.05. The fourth-order valence-electron chi connectivity index (χ4n) is 4.39. The van der Waals surface area contributed by atoms with Gasteiger partial charge in [0.25, 0.3) is 0 Å². The Balaban J connectivity index is 1.56. The SMILES string of the molecule is Cc1ccc2c(c1)CCCN2CC(=O)Nc1cc(S(=O)(=O)N2CCOCC2)ccc1OC(C)C. The van der Waals surface area contributed by atoms with Gasteiger partial charge in [0.05, 0.1) is 36.4 Å². The second kappa shape index (κ2) is 10.3. The zero-order chi connectivity index (χ0) is 24.3. The molecule has 2 aliphatic heterocycles. The lowest BCUT2D eigenvalue weighted by Gasteiger charge is -2.31. The highest BCUT2D eigenvalue weighted by atomic mass is 32.2. The Labute approximate surface area is 201 Å². The first-order chi connectivity index (χ1) is 16.2. The number of fused-ring (bicyclic) bond motifs is 1. The summed E-state index contributed by atoms with van der Waals surface area (Å²) in [7, 11) is -3.70. The number of anilines is 2. The summed E-state index contributed by atoms with van der Waals surface area (Å²) in [6.45, 7) is 8.17. The summed E-state index contributed by atoms with van der Waals surface area (Å²) >= 11 is 0. The summed E-state index contributed by atoms with van der Waals surface area (Å²) in [6.07, 6.45) is 1.86. The molecule has 0 radical (unpaired) electrons. The first-order valence-corrected chi connectivity index (χ1v) is 13.2. The number of carbonyl (C=O) groups excluding carboxylic acids is 1. The summed E-state index contributed by atoms with van der Waals surface area (Å²) < 4.78 is 38.9. The van der Waals surface area contributed by atoms with Crippen LogP contribution in [-0.2, 0) is 26.0 Å². The van der Waals surface area contributed by atoms with E-state index in [1.54, 1.807) is 6.07 Å². The molecule has 34 heavy (non-hydrogen) atoms. The Morgan fingerprint density at radius 2 is 1.88 bits per heavy atom. The third kappa shape index (κ3) is 5.54. The molecule has 0 aliphatic carbocycles. The maximum absolute atomic E-state index is 13.1. The molecule has 2 aromatic carbocycles. The predicted octanol–water partition coefficient (Wildman–Crippen LogP) is 3.19. The summed E-state index contributed by atoms with van der Waals surface area (Å²) in [5.41, 5.74) is 3.89. The number of morpholine rings is 1. The number of aryl methyl sites for hydroxylation is 2. The zero-order valence-corrected chi connectivity index (χ0v) is 20.9. The molecule has 1 saturated heterocycles. The molecule has 0 unspecified atom stereocenters. The molecular weight excluding hydrogens is 454 g/mol. The molecule has 2 heterocycles. The van der Waals surface area contributed by atoms with Crippen LogP contribution in [0.4, 0.5) is 11.4 Å². The van der Waals surface area contributed by atoms with Gasteiger partial charge in [-0.3, -0.25) is 4.79 Å². The minimum Gasteiger partial charge on any atom is -0.489 e. The van der Waals surface area contributed by atoms with Gasteiger partial charge in [-0.05, 0) is 63.4 Å². The van der Waals surface area contributed by atoms with Crippen molar-refractivity contribution >= 4 is 27.3 Å². The van der Waals surface area contributed by atoms with Gasteiger partial charge < -0.3 is 19.7 Å². The molecule has 4 rings (SSSR count). The molecule has 1 fully saturated rings. The third-order valence-electron chi connectivity index (χ3n) is 5.98. The molecule has 0 bridgehead atoms. The van der Waals surface area contributed by atoms with E-state index in [-0.39, 0.29) is 23.5 Å². The minimum absolute atomic E-state index is 0.125. The highest BCUT2D eigenvalue weighted by molar-refractivity contribution is 7.89. The number of rotatable bonds is 7. The molecule has 1 N–H and O–H groups in total. The lowest BCUT2D eigenvalue weighted by molar-refractivity contribution is -0.115. The highest BCUT2D eigenvalue weighted by Crippen LogP contribution is 2.31. The van der Waals surface area contributed by atoms with Gasteiger partial charge in [-0.15, -0.1) is 0 Å².